The minimum absolute atomic E-state index is 1.11. The van der Waals surface area contributed by atoms with Gasteiger partial charge in [-0.15, -0.1) is 11.3 Å². The van der Waals surface area contributed by atoms with Gasteiger partial charge in [0.2, 0.25) is 0 Å². The van der Waals surface area contributed by atoms with Gasteiger partial charge in [-0.05, 0) is 122 Å². The van der Waals surface area contributed by atoms with E-state index in [0.717, 1.165) is 17.1 Å². The van der Waals surface area contributed by atoms with Gasteiger partial charge in [-0.1, -0.05) is 127 Å². The molecule has 0 fully saturated rings. The fraction of sp³-hybridized carbons (Fsp3) is 0. The molecule has 3 heteroatoms. The van der Waals surface area contributed by atoms with E-state index in [1.165, 1.54) is 91.1 Å². The molecule has 0 amide bonds. The second-order valence-corrected chi connectivity index (χ2v) is 16.0. The number of nitrogens with zero attached hydrogens (tertiary/aromatic N) is 2. The Labute approximate surface area is 333 Å². The largest absolute Gasteiger partial charge is 0.310 e. The lowest BCUT2D eigenvalue weighted by molar-refractivity contribution is 1.19. The van der Waals surface area contributed by atoms with Gasteiger partial charge in [0.25, 0.3) is 0 Å². The average Bonchev–Trinajstić information content (AvgIpc) is 3.82. The molecule has 0 saturated carbocycles. The Bertz CT molecular complexity index is 3490. The maximum atomic E-state index is 2.43. The van der Waals surface area contributed by atoms with Crippen LogP contribution in [0.2, 0.25) is 0 Å². The van der Waals surface area contributed by atoms with Crippen LogP contribution in [0.4, 0.5) is 17.1 Å². The highest BCUT2D eigenvalue weighted by Crippen LogP contribution is 2.42. The van der Waals surface area contributed by atoms with E-state index in [0.29, 0.717) is 0 Å². The molecule has 0 aliphatic heterocycles. The molecule has 266 valence electrons. The zero-order chi connectivity index (χ0) is 37.5. The molecule has 0 unspecified atom stereocenters. The molecule has 0 atom stereocenters. The van der Waals surface area contributed by atoms with E-state index in [1.54, 1.807) is 0 Å². The van der Waals surface area contributed by atoms with Gasteiger partial charge in [0.05, 0.1) is 11.0 Å². The van der Waals surface area contributed by atoms with Gasteiger partial charge in [-0.25, -0.2) is 0 Å². The lowest BCUT2D eigenvalue weighted by atomic mass is 9.94. The summed E-state index contributed by atoms with van der Waals surface area (Å²) >= 11 is 1.86. The van der Waals surface area contributed by atoms with Crippen LogP contribution >= 0.6 is 11.3 Å². The number of rotatable bonds is 5. The number of hydrogen-bond acceptors (Lipinski definition) is 2. The summed E-state index contributed by atoms with van der Waals surface area (Å²) in [6, 6.07) is 75.7. The molecule has 0 bridgehead atoms. The molecule has 0 N–H and O–H groups in total. The third-order valence-corrected chi connectivity index (χ3v) is 12.9. The van der Waals surface area contributed by atoms with Crippen LogP contribution in [0, 0.1) is 0 Å². The van der Waals surface area contributed by atoms with Crippen molar-refractivity contribution in [2.75, 3.05) is 4.90 Å². The van der Waals surface area contributed by atoms with Gasteiger partial charge < -0.3 is 9.47 Å². The van der Waals surface area contributed by atoms with E-state index in [9.17, 15) is 0 Å². The van der Waals surface area contributed by atoms with Crippen molar-refractivity contribution in [1.82, 2.24) is 4.57 Å². The molecule has 57 heavy (non-hydrogen) atoms. The number of aromatic nitrogens is 1. The Kier molecular flexibility index (Phi) is 7.13. The van der Waals surface area contributed by atoms with E-state index in [4.69, 9.17) is 0 Å². The number of anilines is 3. The molecule has 12 rings (SSSR count). The molecule has 2 heterocycles. The topological polar surface area (TPSA) is 8.17 Å². The third kappa shape index (κ3) is 5.03. The minimum Gasteiger partial charge on any atom is -0.310 e. The number of benzene rings is 10. The highest BCUT2D eigenvalue weighted by Gasteiger charge is 2.18. The Hall–Kier alpha value is -7.20. The quantitative estimate of drug-likeness (QED) is 0.159. The van der Waals surface area contributed by atoms with Crippen molar-refractivity contribution in [1.29, 1.82) is 0 Å². The van der Waals surface area contributed by atoms with Gasteiger partial charge in [0.1, 0.15) is 0 Å². The molecule has 2 nitrogen and oxygen atoms in total. The summed E-state index contributed by atoms with van der Waals surface area (Å²) < 4.78 is 5.07. The van der Waals surface area contributed by atoms with Crippen LogP contribution in [0.5, 0.6) is 0 Å². The summed E-state index contributed by atoms with van der Waals surface area (Å²) in [5, 5.41) is 12.8. The zero-order valence-corrected chi connectivity index (χ0v) is 31.7. The molecule has 0 radical (unpaired) electrons. The first-order chi connectivity index (χ1) is 28.3. The summed E-state index contributed by atoms with van der Waals surface area (Å²) in [7, 11) is 0. The Morgan fingerprint density at radius 3 is 1.60 bits per heavy atom. The van der Waals surface area contributed by atoms with Gasteiger partial charge in [-0.2, -0.15) is 0 Å². The van der Waals surface area contributed by atoms with Crippen molar-refractivity contribution in [3.05, 3.63) is 206 Å². The number of para-hydroxylation sites is 2. The highest BCUT2D eigenvalue weighted by molar-refractivity contribution is 7.25. The normalized spacial score (nSPS) is 11.9. The van der Waals surface area contributed by atoms with Crippen LogP contribution in [0.1, 0.15) is 0 Å². The fourth-order valence-corrected chi connectivity index (χ4v) is 10.2. The SMILES string of the molecule is c1ccc(N(c2ccc(-c3ccc4c(c3)c3ccccc3n4-c3ccc4sc5ccccc5c4c3)cc2)c2ccc3c4ccccc4c4ccccc4c3c2)cc1. The molecule has 12 aromatic rings. The van der Waals surface area contributed by atoms with E-state index in [2.05, 4.69) is 216 Å². The zero-order valence-electron chi connectivity index (χ0n) is 30.9. The maximum absolute atomic E-state index is 2.43. The summed E-state index contributed by atoms with van der Waals surface area (Å²) in [5.41, 5.74) is 9.37. The van der Waals surface area contributed by atoms with Gasteiger partial charge >= 0.3 is 0 Å². The molecule has 10 aromatic carbocycles. The van der Waals surface area contributed by atoms with Crippen LogP contribution < -0.4 is 4.90 Å². The molecular weight excluding hydrogens is 709 g/mol. The highest BCUT2D eigenvalue weighted by atomic mass is 32.1. The fourth-order valence-electron chi connectivity index (χ4n) is 9.15. The summed E-state index contributed by atoms with van der Waals surface area (Å²) in [4.78, 5) is 2.37. The van der Waals surface area contributed by atoms with Crippen LogP contribution in [-0.2, 0) is 0 Å². The monoisotopic (exact) mass is 742 g/mol. The molecule has 2 aromatic heterocycles. The molecule has 0 aliphatic rings. The standard InChI is InChI=1S/C54H34N2S/c1-2-12-37(13-3-1)55(39-27-29-45-43-16-5-4-14-41(43)42-15-6-7-17-44(42)48(45)33-39)38-25-22-35(23-26-38)36-24-30-52-49(32-36)46-18-8-10-20-51(46)56(52)40-28-31-54-50(34-40)47-19-9-11-21-53(47)57-54/h1-34H. The lowest BCUT2D eigenvalue weighted by Gasteiger charge is -2.26. The Morgan fingerprint density at radius 1 is 0.298 bits per heavy atom. The van der Waals surface area contributed by atoms with Crippen LogP contribution in [0.3, 0.4) is 0 Å². The maximum Gasteiger partial charge on any atom is 0.0541 e. The molecule has 0 spiro atoms. The van der Waals surface area contributed by atoms with Crippen molar-refractivity contribution >= 4 is 103 Å². The van der Waals surface area contributed by atoms with E-state index in [-0.39, 0.29) is 0 Å². The second-order valence-electron chi connectivity index (χ2n) is 14.9. The van der Waals surface area contributed by atoms with Gasteiger partial charge in [0, 0.05) is 53.7 Å². The van der Waals surface area contributed by atoms with Crippen LogP contribution in [0.25, 0.3) is 91.1 Å². The van der Waals surface area contributed by atoms with E-state index >= 15 is 0 Å². The summed E-state index contributed by atoms with van der Waals surface area (Å²) in [6.45, 7) is 0. The first-order valence-electron chi connectivity index (χ1n) is 19.5. The van der Waals surface area contributed by atoms with Crippen molar-refractivity contribution in [2.45, 2.75) is 0 Å². The van der Waals surface area contributed by atoms with Gasteiger partial charge in [0.15, 0.2) is 0 Å². The van der Waals surface area contributed by atoms with Crippen LogP contribution in [0.15, 0.2) is 206 Å². The number of thiophene rings is 1. The van der Waals surface area contributed by atoms with Crippen molar-refractivity contribution in [3.63, 3.8) is 0 Å². The smallest absolute Gasteiger partial charge is 0.0541 e. The molecular formula is C54H34N2S. The number of fused-ring (bicyclic) bond motifs is 12. The summed E-state index contributed by atoms with van der Waals surface area (Å²) in [5.74, 6) is 0. The third-order valence-electron chi connectivity index (χ3n) is 11.8. The Balaban J connectivity index is 0.969. The predicted octanol–water partition coefficient (Wildman–Crippen LogP) is 15.7. The van der Waals surface area contributed by atoms with Crippen molar-refractivity contribution in [3.8, 4) is 16.8 Å². The van der Waals surface area contributed by atoms with Crippen molar-refractivity contribution in [2.24, 2.45) is 0 Å². The average molecular weight is 743 g/mol. The molecule has 0 aliphatic carbocycles. The number of hydrogen-bond donors (Lipinski definition) is 0. The van der Waals surface area contributed by atoms with E-state index < -0.39 is 0 Å². The van der Waals surface area contributed by atoms with E-state index in [1.807, 2.05) is 11.3 Å². The first kappa shape index (κ1) is 32.1. The first-order valence-corrected chi connectivity index (χ1v) is 20.3. The van der Waals surface area contributed by atoms with Crippen LogP contribution in [-0.4, -0.2) is 4.57 Å². The molecule has 0 saturated heterocycles. The van der Waals surface area contributed by atoms with Gasteiger partial charge in [-0.3, -0.25) is 0 Å². The summed E-state index contributed by atoms with van der Waals surface area (Å²) in [6.07, 6.45) is 0. The second kappa shape index (κ2) is 12.7. The predicted molar refractivity (Wildman–Crippen MR) is 246 cm³/mol. The minimum atomic E-state index is 1.11. The van der Waals surface area contributed by atoms with Crippen molar-refractivity contribution < 1.29 is 0 Å². The Morgan fingerprint density at radius 2 is 0.842 bits per heavy atom. The lowest BCUT2D eigenvalue weighted by Crippen LogP contribution is -2.09.